The molecule has 0 spiro atoms. The van der Waals surface area contributed by atoms with Gasteiger partial charge in [-0.15, -0.1) is 0 Å². The van der Waals surface area contributed by atoms with Gasteiger partial charge in [-0.3, -0.25) is 4.79 Å². The molecule has 0 aromatic carbocycles. The molecular formula is C10H18F3N3O. The summed E-state index contributed by atoms with van der Waals surface area (Å²) in [6, 6.07) is 0.0499. The minimum atomic E-state index is -4.27. The Morgan fingerprint density at radius 1 is 1.47 bits per heavy atom. The lowest BCUT2D eigenvalue weighted by Crippen LogP contribution is -2.49. The van der Waals surface area contributed by atoms with Crippen molar-refractivity contribution in [3.8, 4) is 0 Å². The molecular weight excluding hydrogens is 235 g/mol. The van der Waals surface area contributed by atoms with Crippen LogP contribution in [0.5, 0.6) is 0 Å². The Bertz CT molecular complexity index is 258. The van der Waals surface area contributed by atoms with Crippen molar-refractivity contribution >= 4 is 5.91 Å². The molecule has 0 aromatic rings. The maximum atomic E-state index is 11.8. The maximum absolute atomic E-state index is 11.8. The number of rotatable bonds is 4. The van der Waals surface area contributed by atoms with Crippen LogP contribution < -0.4 is 10.6 Å². The molecule has 1 rings (SSSR count). The number of piperidine rings is 1. The van der Waals surface area contributed by atoms with Crippen LogP contribution >= 0.6 is 0 Å². The first-order chi connectivity index (χ1) is 7.87. The number of hydrogen-bond acceptors (Lipinski definition) is 3. The lowest BCUT2D eigenvalue weighted by atomic mass is 10.1. The third-order valence-corrected chi connectivity index (χ3v) is 2.60. The summed E-state index contributed by atoms with van der Waals surface area (Å²) in [7, 11) is 1.96. The minimum absolute atomic E-state index is 0.0499. The molecule has 1 saturated heterocycles. The van der Waals surface area contributed by atoms with E-state index in [1.165, 1.54) is 0 Å². The van der Waals surface area contributed by atoms with Crippen molar-refractivity contribution in [1.82, 2.24) is 15.5 Å². The predicted octanol–water partition coefficient (Wildman–Crippen LogP) is 0.349. The summed E-state index contributed by atoms with van der Waals surface area (Å²) in [6.45, 7) is 0.328. The molecule has 1 aliphatic heterocycles. The highest BCUT2D eigenvalue weighted by Crippen LogP contribution is 2.12. The molecule has 1 aliphatic rings. The molecule has 1 fully saturated rings. The molecule has 1 amide bonds. The maximum Gasteiger partial charge on any atom is 0.401 e. The normalized spacial score (nSPS) is 22.5. The zero-order valence-corrected chi connectivity index (χ0v) is 9.81. The van der Waals surface area contributed by atoms with Gasteiger partial charge in [0.1, 0.15) is 0 Å². The standard InChI is InChI=1S/C10H18F3N3O/c1-16-4-2-3-8(6-16)15-9(17)5-14-7-10(11,12)13/h8,14H,2-7H2,1H3,(H,15,17). The van der Waals surface area contributed by atoms with Crippen molar-refractivity contribution in [3.63, 3.8) is 0 Å². The largest absolute Gasteiger partial charge is 0.401 e. The quantitative estimate of drug-likeness (QED) is 0.760. The highest BCUT2D eigenvalue weighted by molar-refractivity contribution is 5.78. The number of likely N-dealkylation sites (N-methyl/N-ethyl adjacent to an activating group) is 1. The van der Waals surface area contributed by atoms with Gasteiger partial charge in [0.05, 0.1) is 13.1 Å². The highest BCUT2D eigenvalue weighted by atomic mass is 19.4. The molecule has 0 saturated carbocycles. The number of amides is 1. The van der Waals surface area contributed by atoms with Crippen LogP contribution in [0.2, 0.25) is 0 Å². The van der Waals surface area contributed by atoms with E-state index in [4.69, 9.17) is 0 Å². The fourth-order valence-corrected chi connectivity index (χ4v) is 1.88. The van der Waals surface area contributed by atoms with Crippen molar-refractivity contribution in [2.75, 3.05) is 33.2 Å². The van der Waals surface area contributed by atoms with Crippen molar-refractivity contribution in [2.45, 2.75) is 25.1 Å². The van der Waals surface area contributed by atoms with E-state index in [0.717, 1.165) is 25.9 Å². The number of likely N-dealkylation sites (tertiary alicyclic amines) is 1. The second-order valence-electron chi connectivity index (χ2n) is 4.39. The lowest BCUT2D eigenvalue weighted by Gasteiger charge is -2.30. The van der Waals surface area contributed by atoms with Crippen molar-refractivity contribution in [2.24, 2.45) is 0 Å². The molecule has 17 heavy (non-hydrogen) atoms. The van der Waals surface area contributed by atoms with E-state index in [2.05, 4.69) is 15.5 Å². The first-order valence-corrected chi connectivity index (χ1v) is 5.62. The van der Waals surface area contributed by atoms with Gasteiger partial charge >= 0.3 is 6.18 Å². The molecule has 7 heteroatoms. The van der Waals surface area contributed by atoms with Gasteiger partial charge in [-0.25, -0.2) is 0 Å². The Kier molecular flexibility index (Phi) is 5.20. The molecule has 0 aliphatic carbocycles. The lowest BCUT2D eigenvalue weighted by molar-refractivity contribution is -0.128. The molecule has 0 bridgehead atoms. The number of nitrogens with one attached hydrogen (secondary N) is 2. The number of hydrogen-bond donors (Lipinski definition) is 2. The SMILES string of the molecule is CN1CCCC(NC(=O)CNCC(F)(F)F)C1. The molecule has 0 radical (unpaired) electrons. The summed E-state index contributed by atoms with van der Waals surface area (Å²) < 4.78 is 35.4. The average molecular weight is 253 g/mol. The predicted molar refractivity (Wildman–Crippen MR) is 57.6 cm³/mol. The number of carbonyl (C=O) groups is 1. The summed E-state index contributed by atoms with van der Waals surface area (Å²) in [5.74, 6) is -0.380. The topological polar surface area (TPSA) is 44.4 Å². The second kappa shape index (κ2) is 6.20. The van der Waals surface area contributed by atoms with Crippen LogP contribution in [0.15, 0.2) is 0 Å². The van der Waals surface area contributed by atoms with Gasteiger partial charge in [-0.05, 0) is 26.4 Å². The third kappa shape index (κ3) is 6.48. The van der Waals surface area contributed by atoms with Gasteiger partial charge in [-0.1, -0.05) is 0 Å². The van der Waals surface area contributed by atoms with Crippen LogP contribution in [0, 0.1) is 0 Å². The van der Waals surface area contributed by atoms with Crippen molar-refractivity contribution < 1.29 is 18.0 Å². The van der Waals surface area contributed by atoms with Gasteiger partial charge in [-0.2, -0.15) is 13.2 Å². The van der Waals surface area contributed by atoms with Crippen molar-refractivity contribution in [1.29, 1.82) is 0 Å². The van der Waals surface area contributed by atoms with Crippen molar-refractivity contribution in [3.05, 3.63) is 0 Å². The monoisotopic (exact) mass is 253 g/mol. The van der Waals surface area contributed by atoms with E-state index in [-0.39, 0.29) is 18.5 Å². The number of carbonyl (C=O) groups excluding carboxylic acids is 1. The van der Waals surface area contributed by atoms with Gasteiger partial charge < -0.3 is 15.5 Å². The Balaban J connectivity index is 2.16. The van der Waals surface area contributed by atoms with Gasteiger partial charge in [0.2, 0.25) is 5.91 Å². The number of nitrogens with zero attached hydrogens (tertiary/aromatic N) is 1. The summed E-state index contributed by atoms with van der Waals surface area (Å²) in [4.78, 5) is 13.4. The van der Waals surface area contributed by atoms with Crippen LogP contribution in [0.25, 0.3) is 0 Å². The first-order valence-electron chi connectivity index (χ1n) is 5.62. The van der Waals surface area contributed by atoms with E-state index in [0.29, 0.717) is 0 Å². The van der Waals surface area contributed by atoms with Crippen LogP contribution in [0.1, 0.15) is 12.8 Å². The molecule has 100 valence electrons. The van der Waals surface area contributed by atoms with Gasteiger partial charge in [0.15, 0.2) is 0 Å². The number of alkyl halides is 3. The molecule has 2 N–H and O–H groups in total. The smallest absolute Gasteiger partial charge is 0.351 e. The third-order valence-electron chi connectivity index (χ3n) is 2.60. The fourth-order valence-electron chi connectivity index (χ4n) is 1.88. The Labute approximate surface area is 98.5 Å². The van der Waals surface area contributed by atoms with Crippen LogP contribution in [-0.4, -0.2) is 56.3 Å². The molecule has 0 aromatic heterocycles. The highest BCUT2D eigenvalue weighted by Gasteiger charge is 2.26. The Morgan fingerprint density at radius 3 is 2.76 bits per heavy atom. The van der Waals surface area contributed by atoms with E-state index in [9.17, 15) is 18.0 Å². The summed E-state index contributed by atoms with van der Waals surface area (Å²) >= 11 is 0. The fraction of sp³-hybridized carbons (Fsp3) is 0.900. The van der Waals surface area contributed by atoms with Crippen LogP contribution in [-0.2, 0) is 4.79 Å². The Morgan fingerprint density at radius 2 is 2.18 bits per heavy atom. The molecule has 4 nitrogen and oxygen atoms in total. The van der Waals surface area contributed by atoms with E-state index in [1.54, 1.807) is 0 Å². The van der Waals surface area contributed by atoms with Crippen LogP contribution in [0.4, 0.5) is 13.2 Å². The molecule has 1 unspecified atom stereocenters. The first kappa shape index (κ1) is 14.2. The van der Waals surface area contributed by atoms with E-state index >= 15 is 0 Å². The summed E-state index contributed by atoms with van der Waals surface area (Å²) in [5, 5.41) is 4.80. The minimum Gasteiger partial charge on any atom is -0.351 e. The summed E-state index contributed by atoms with van der Waals surface area (Å²) in [6.07, 6.45) is -2.39. The summed E-state index contributed by atoms with van der Waals surface area (Å²) in [5.41, 5.74) is 0. The zero-order valence-electron chi connectivity index (χ0n) is 9.81. The number of halogens is 3. The average Bonchev–Trinajstić information content (AvgIpc) is 2.15. The zero-order chi connectivity index (χ0) is 12.9. The van der Waals surface area contributed by atoms with Gasteiger partial charge in [0.25, 0.3) is 0 Å². The Hall–Kier alpha value is -0.820. The van der Waals surface area contributed by atoms with Gasteiger partial charge in [0, 0.05) is 12.6 Å². The van der Waals surface area contributed by atoms with E-state index in [1.807, 2.05) is 7.05 Å². The molecule has 1 heterocycles. The van der Waals surface area contributed by atoms with Crippen LogP contribution in [0.3, 0.4) is 0 Å². The van der Waals surface area contributed by atoms with E-state index < -0.39 is 12.7 Å². The second-order valence-corrected chi connectivity index (χ2v) is 4.39. The molecule has 1 atom stereocenters.